The lowest BCUT2D eigenvalue weighted by molar-refractivity contribution is -0.114. The van der Waals surface area contributed by atoms with E-state index in [4.69, 9.17) is 0 Å². The summed E-state index contributed by atoms with van der Waals surface area (Å²) in [6, 6.07) is 12.3. The maximum Gasteiger partial charge on any atom is 0.261 e. The summed E-state index contributed by atoms with van der Waals surface area (Å²) in [6.07, 6.45) is 2.38. The Morgan fingerprint density at radius 2 is 1.82 bits per heavy atom. The molecule has 1 aromatic heterocycles. The van der Waals surface area contributed by atoms with Crippen LogP contribution < -0.4 is 10.6 Å². The van der Waals surface area contributed by atoms with Crippen LogP contribution in [0.4, 0.5) is 5.69 Å². The molecule has 148 valence electrons. The fourth-order valence-corrected chi connectivity index (χ4v) is 6.20. The van der Waals surface area contributed by atoms with E-state index in [-0.39, 0.29) is 17.9 Å². The Hall–Kier alpha value is -1.83. The monoisotopic (exact) mass is 415 g/mol. The number of benzene rings is 1. The fourth-order valence-electron chi connectivity index (χ4n) is 4.19. The number of carbonyl (C=O) groups excluding carboxylic acids is 2. The predicted octanol–water partition coefficient (Wildman–Crippen LogP) is 4.07. The van der Waals surface area contributed by atoms with Gasteiger partial charge in [-0.05, 0) is 75.2 Å². The second-order valence-corrected chi connectivity index (χ2v) is 10.00. The van der Waals surface area contributed by atoms with Gasteiger partial charge in [0.1, 0.15) is 0 Å². The van der Waals surface area contributed by atoms with Crippen molar-refractivity contribution in [1.29, 1.82) is 0 Å². The van der Waals surface area contributed by atoms with E-state index in [1.165, 1.54) is 44.2 Å². The lowest BCUT2D eigenvalue weighted by atomic mass is 9.79. The summed E-state index contributed by atoms with van der Waals surface area (Å²) in [7, 11) is 0. The lowest BCUT2D eigenvalue weighted by Crippen LogP contribution is -2.62. The quantitative estimate of drug-likeness (QED) is 0.773. The molecule has 3 saturated heterocycles. The Morgan fingerprint density at radius 3 is 2.46 bits per heavy atom. The van der Waals surface area contributed by atoms with E-state index in [0.29, 0.717) is 12.0 Å². The first-order chi connectivity index (χ1) is 13.5. The first kappa shape index (κ1) is 19.5. The summed E-state index contributed by atoms with van der Waals surface area (Å²) in [4.78, 5) is 28.2. The number of thiophene rings is 1. The van der Waals surface area contributed by atoms with Gasteiger partial charge in [0.2, 0.25) is 5.91 Å². The molecule has 0 spiro atoms. The molecule has 3 aliphatic rings. The average molecular weight is 416 g/mol. The van der Waals surface area contributed by atoms with Crippen LogP contribution in [0.25, 0.3) is 0 Å². The molecule has 0 aliphatic carbocycles. The van der Waals surface area contributed by atoms with Gasteiger partial charge in [0, 0.05) is 29.6 Å². The summed E-state index contributed by atoms with van der Waals surface area (Å²) in [5.74, 6) is 0.579. The second kappa shape index (κ2) is 8.27. The summed E-state index contributed by atoms with van der Waals surface area (Å²) in [6.45, 7) is 6.06. The van der Waals surface area contributed by atoms with E-state index >= 15 is 0 Å². The van der Waals surface area contributed by atoms with Gasteiger partial charge < -0.3 is 10.6 Å². The number of hydrogen-bond acceptors (Lipinski definition) is 5. The van der Waals surface area contributed by atoms with E-state index < -0.39 is 0 Å². The van der Waals surface area contributed by atoms with Gasteiger partial charge in [0.25, 0.3) is 5.91 Å². The molecular weight excluding hydrogens is 390 g/mol. The molecule has 2 N–H and O–H groups in total. The van der Waals surface area contributed by atoms with Crippen molar-refractivity contribution >= 4 is 40.6 Å². The third kappa shape index (κ3) is 4.26. The Balaban J connectivity index is 1.37. The highest BCUT2D eigenvalue weighted by Crippen LogP contribution is 2.35. The molecule has 5 rings (SSSR count). The van der Waals surface area contributed by atoms with Crippen molar-refractivity contribution < 1.29 is 9.59 Å². The third-order valence-corrected chi connectivity index (χ3v) is 7.90. The van der Waals surface area contributed by atoms with Gasteiger partial charge in [-0.2, -0.15) is 0 Å². The molecule has 4 heterocycles. The van der Waals surface area contributed by atoms with E-state index in [1.807, 2.05) is 36.4 Å². The average Bonchev–Trinajstić information content (AvgIpc) is 3.15. The number of carbonyl (C=O) groups is 2. The number of nitrogens with one attached hydrogen (secondary N) is 2. The molecule has 2 amide bonds. The molecule has 7 heteroatoms. The van der Waals surface area contributed by atoms with E-state index in [2.05, 4.69) is 22.5 Å². The number of nitrogens with zero attached hydrogens (tertiary/aromatic N) is 1. The summed E-state index contributed by atoms with van der Waals surface area (Å²) in [5, 5.41) is 6.07. The number of amides is 2. The van der Waals surface area contributed by atoms with Crippen LogP contribution in [0, 0.1) is 5.92 Å². The molecule has 2 aromatic rings. The van der Waals surface area contributed by atoms with Gasteiger partial charge in [-0.25, -0.2) is 0 Å². The van der Waals surface area contributed by atoms with Crippen LogP contribution in [0.3, 0.4) is 0 Å². The summed E-state index contributed by atoms with van der Waals surface area (Å²) in [5.41, 5.74) is 0.787. The van der Waals surface area contributed by atoms with Crippen molar-refractivity contribution in [3.63, 3.8) is 0 Å². The van der Waals surface area contributed by atoms with Crippen molar-refractivity contribution in [2.75, 3.05) is 18.4 Å². The normalized spacial score (nSPS) is 26.1. The fraction of sp³-hybridized carbons (Fsp3) is 0.429. The lowest BCUT2D eigenvalue weighted by Gasteiger charge is -2.49. The minimum absolute atomic E-state index is 0.0449. The molecule has 3 aliphatic heterocycles. The topological polar surface area (TPSA) is 61.4 Å². The van der Waals surface area contributed by atoms with Gasteiger partial charge in [0.15, 0.2) is 0 Å². The first-order valence-corrected chi connectivity index (χ1v) is 11.3. The number of fused-ring (bicyclic) bond motifs is 3. The molecule has 0 radical (unpaired) electrons. The van der Waals surface area contributed by atoms with Crippen LogP contribution in [0.5, 0.6) is 0 Å². The van der Waals surface area contributed by atoms with Crippen molar-refractivity contribution in [3.8, 4) is 0 Å². The van der Waals surface area contributed by atoms with E-state index in [0.717, 1.165) is 19.7 Å². The van der Waals surface area contributed by atoms with Crippen LogP contribution in [-0.4, -0.2) is 41.9 Å². The standard InChI is InChI=1S/C21H25N3O2S2/c1-13-20(15-9-11-24(13)12-10-15)23-21(26)18-7-8-19(28-18)27-17-5-3-16(4-6-17)22-14(2)25/h3-8,13,15,20H,9-12H2,1-2H3,(H,22,25)(H,23,26). The second-order valence-electron chi connectivity index (χ2n) is 7.54. The zero-order valence-corrected chi connectivity index (χ0v) is 17.7. The third-order valence-electron chi connectivity index (χ3n) is 5.67. The molecule has 28 heavy (non-hydrogen) atoms. The van der Waals surface area contributed by atoms with Gasteiger partial charge >= 0.3 is 0 Å². The number of hydrogen-bond donors (Lipinski definition) is 2. The Bertz CT molecular complexity index is 855. The Labute approximate surface area is 173 Å². The predicted molar refractivity (Wildman–Crippen MR) is 114 cm³/mol. The molecule has 2 atom stereocenters. The first-order valence-electron chi connectivity index (χ1n) is 9.70. The number of piperidine rings is 3. The molecule has 1 aromatic carbocycles. The Morgan fingerprint density at radius 1 is 1.11 bits per heavy atom. The highest BCUT2D eigenvalue weighted by molar-refractivity contribution is 8.01. The molecule has 3 fully saturated rings. The largest absolute Gasteiger partial charge is 0.347 e. The van der Waals surface area contributed by atoms with E-state index in [9.17, 15) is 9.59 Å². The maximum atomic E-state index is 12.8. The van der Waals surface area contributed by atoms with Crippen molar-refractivity contribution in [3.05, 3.63) is 41.3 Å². The number of anilines is 1. The summed E-state index contributed by atoms with van der Waals surface area (Å²) < 4.78 is 1.08. The van der Waals surface area contributed by atoms with Gasteiger partial charge in [-0.3, -0.25) is 14.5 Å². The molecular formula is C21H25N3O2S2. The van der Waals surface area contributed by atoms with Crippen molar-refractivity contribution in [2.24, 2.45) is 5.92 Å². The SMILES string of the molecule is CC(=O)Nc1ccc(Sc2ccc(C(=O)NC3C4CCN(CC4)C3C)s2)cc1. The highest BCUT2D eigenvalue weighted by Gasteiger charge is 2.40. The smallest absolute Gasteiger partial charge is 0.261 e. The minimum atomic E-state index is -0.0772. The van der Waals surface area contributed by atoms with Crippen molar-refractivity contribution in [1.82, 2.24) is 10.2 Å². The van der Waals surface area contributed by atoms with Gasteiger partial charge in [-0.1, -0.05) is 11.8 Å². The highest BCUT2D eigenvalue weighted by atomic mass is 32.2. The molecule has 5 nitrogen and oxygen atoms in total. The molecule has 2 bridgehead atoms. The molecule has 0 saturated carbocycles. The summed E-state index contributed by atoms with van der Waals surface area (Å²) >= 11 is 3.16. The molecule has 2 unspecified atom stereocenters. The zero-order valence-electron chi connectivity index (χ0n) is 16.1. The zero-order chi connectivity index (χ0) is 19.7. The van der Waals surface area contributed by atoms with Crippen LogP contribution in [0.15, 0.2) is 45.5 Å². The van der Waals surface area contributed by atoms with E-state index in [1.54, 1.807) is 11.8 Å². The number of rotatable bonds is 5. The Kier molecular flexibility index (Phi) is 5.75. The maximum absolute atomic E-state index is 12.8. The minimum Gasteiger partial charge on any atom is -0.347 e. The van der Waals surface area contributed by atoms with Gasteiger partial charge in [0.05, 0.1) is 9.09 Å². The van der Waals surface area contributed by atoms with Crippen LogP contribution in [0.2, 0.25) is 0 Å². The van der Waals surface area contributed by atoms with Crippen LogP contribution in [0.1, 0.15) is 36.4 Å². The van der Waals surface area contributed by atoms with Crippen LogP contribution in [-0.2, 0) is 4.79 Å². The van der Waals surface area contributed by atoms with Gasteiger partial charge in [-0.15, -0.1) is 11.3 Å². The van der Waals surface area contributed by atoms with Crippen LogP contribution >= 0.6 is 23.1 Å². The van der Waals surface area contributed by atoms with Crippen molar-refractivity contribution in [2.45, 2.75) is 47.9 Å².